The van der Waals surface area contributed by atoms with Crippen LogP contribution in [0, 0.1) is 0 Å². The maximum Gasteiger partial charge on any atom is 0.338 e. The fraction of sp³-hybridized carbons (Fsp3) is 0.265. The second kappa shape index (κ2) is 46.0. The first kappa shape index (κ1) is 86.8. The summed E-state index contributed by atoms with van der Waals surface area (Å²) in [4.78, 5) is 131. The Hall–Kier alpha value is -13.6. The van der Waals surface area contributed by atoms with Gasteiger partial charge >= 0.3 is 53.7 Å². The second-order valence-electron chi connectivity index (χ2n) is 29.7. The van der Waals surface area contributed by atoms with Crippen molar-refractivity contribution in [2.24, 2.45) is 0 Å². The van der Waals surface area contributed by atoms with Gasteiger partial charge in [0.2, 0.25) is 11.5 Å². The summed E-state index contributed by atoms with van der Waals surface area (Å²) in [5, 5.41) is 0. The molecule has 0 fully saturated rings. The summed E-state index contributed by atoms with van der Waals surface area (Å²) in [6, 6.07) is 84.2. The maximum atomic E-state index is 16.0. The van der Waals surface area contributed by atoms with Crippen LogP contribution in [0.3, 0.4) is 0 Å². The Labute approximate surface area is 705 Å². The van der Waals surface area contributed by atoms with Gasteiger partial charge in [-0.2, -0.15) is 0 Å². The van der Waals surface area contributed by atoms with Crippen molar-refractivity contribution in [3.63, 3.8) is 0 Å². The van der Waals surface area contributed by atoms with E-state index in [9.17, 15) is 38.4 Å². The van der Waals surface area contributed by atoms with E-state index in [1.807, 2.05) is 243 Å². The molecule has 0 bridgehead atoms. The maximum absolute atomic E-state index is 16.0. The molecule has 0 saturated carbocycles. The topological polar surface area (TPSA) is 246 Å². The van der Waals surface area contributed by atoms with Gasteiger partial charge in [0.15, 0.2) is 29.1 Å². The van der Waals surface area contributed by atoms with Crippen molar-refractivity contribution >= 4 is 53.7 Å². The highest BCUT2D eigenvalue weighted by molar-refractivity contribution is 5.93. The number of carbonyl (C=O) groups is 9. The van der Waals surface area contributed by atoms with Gasteiger partial charge in [0.1, 0.15) is 23.4 Å². The summed E-state index contributed by atoms with van der Waals surface area (Å²) in [6.45, 7) is 0. The van der Waals surface area contributed by atoms with E-state index < -0.39 is 94.5 Å². The molecule has 0 amide bonds. The molecule has 0 unspecified atom stereocenters. The zero-order chi connectivity index (χ0) is 84.2. The van der Waals surface area contributed by atoms with Crippen molar-refractivity contribution in [3.05, 3.63) is 340 Å². The molecule has 19 heteroatoms. The van der Waals surface area contributed by atoms with E-state index in [0.29, 0.717) is 103 Å². The van der Waals surface area contributed by atoms with Gasteiger partial charge in [-0.1, -0.05) is 243 Å². The number of ether oxygens (including phenoxy) is 10. The Morgan fingerprint density at radius 3 is 0.777 bits per heavy atom. The minimum atomic E-state index is -1.59. The molecular formula is C102H98O19. The molecule has 11 aromatic rings. The Bertz CT molecular complexity index is 5080. The number of hydrogen-bond donors (Lipinski definition) is 0. The van der Waals surface area contributed by atoms with E-state index in [1.165, 1.54) is 24.3 Å². The fourth-order valence-corrected chi connectivity index (χ4v) is 14.2. The highest BCUT2D eigenvalue weighted by Crippen LogP contribution is 2.49. The molecule has 19 nitrogen and oxygen atoms in total. The third-order valence-electron chi connectivity index (χ3n) is 20.3. The molecule has 0 N–H and O–H groups in total. The van der Waals surface area contributed by atoms with Crippen molar-refractivity contribution in [2.45, 2.75) is 173 Å². The molecule has 2 atom stereocenters. The standard InChI is InChI=1S/C102H98O19/c103-91(57-25-49-72-33-9-1-10-34-72)112-82-69-84(113-92(104)58-26-50-73-35-11-2-12-36-73)83-71-90(119-102(111)81-67-88(116-95(107)61-29-53-76-41-17-5-18-42-76)101(121-98(110)64-32-56-79-47-23-8-24-48-79)89(68-81)117-96(108)62-30-54-77-43-19-6-20-44-77)99(118-85(83)70-82)80-65-86(114-93(105)59-27-51-74-37-13-3-14-38-74)100(120-97(109)63-31-55-78-45-21-7-22-46-78)87(66-80)115-94(106)60-28-52-75-39-15-4-16-40-75/h1-24,33-48,65-70,90,99H,25-32,49-64,71H2/t90-,99-/m1/s1. The second-order valence-corrected chi connectivity index (χ2v) is 29.7. The molecule has 0 saturated heterocycles. The van der Waals surface area contributed by atoms with Gasteiger partial charge in [-0.15, -0.1) is 0 Å². The molecule has 0 spiro atoms. The van der Waals surface area contributed by atoms with Crippen molar-refractivity contribution in [1.29, 1.82) is 0 Å². The lowest BCUT2D eigenvalue weighted by atomic mass is 9.93. The van der Waals surface area contributed by atoms with Gasteiger partial charge in [-0.3, -0.25) is 38.4 Å². The molecule has 0 radical (unpaired) electrons. The largest absolute Gasteiger partial charge is 0.481 e. The van der Waals surface area contributed by atoms with Gasteiger partial charge in [0, 0.05) is 81.0 Å². The molecule has 11 aromatic carbocycles. The van der Waals surface area contributed by atoms with E-state index >= 15 is 4.79 Å². The monoisotopic (exact) mass is 1630 g/mol. The van der Waals surface area contributed by atoms with Crippen LogP contribution in [0.2, 0.25) is 0 Å². The van der Waals surface area contributed by atoms with Crippen LogP contribution in [0.15, 0.2) is 279 Å². The van der Waals surface area contributed by atoms with Crippen LogP contribution in [-0.4, -0.2) is 59.8 Å². The van der Waals surface area contributed by atoms with Crippen LogP contribution in [0.1, 0.15) is 175 Å². The molecular weight excluding hydrogens is 1530 g/mol. The van der Waals surface area contributed by atoms with Crippen LogP contribution in [0.4, 0.5) is 0 Å². The van der Waals surface area contributed by atoms with E-state index in [-0.39, 0.29) is 97.7 Å². The van der Waals surface area contributed by atoms with Gasteiger partial charge in [-0.25, -0.2) is 4.79 Å². The number of benzene rings is 11. The number of hydrogen-bond acceptors (Lipinski definition) is 19. The Kier molecular flexibility index (Phi) is 33.0. The molecule has 0 aromatic heterocycles. The molecule has 0 aliphatic carbocycles. The zero-order valence-corrected chi connectivity index (χ0v) is 67.6. The van der Waals surface area contributed by atoms with Crippen LogP contribution in [0.25, 0.3) is 0 Å². The summed E-state index contributed by atoms with van der Waals surface area (Å²) in [5.41, 5.74) is 7.54. The van der Waals surface area contributed by atoms with Crippen molar-refractivity contribution < 1.29 is 90.5 Å². The predicted molar refractivity (Wildman–Crippen MR) is 456 cm³/mol. The first-order chi connectivity index (χ1) is 59.1. The summed E-state index contributed by atoms with van der Waals surface area (Å²) in [5.74, 6) is -9.95. The van der Waals surface area contributed by atoms with Gasteiger partial charge < -0.3 is 47.4 Å². The van der Waals surface area contributed by atoms with E-state index in [2.05, 4.69) is 0 Å². The first-order valence-corrected chi connectivity index (χ1v) is 41.5. The number of aryl methyl sites for hydroxylation is 8. The predicted octanol–water partition coefficient (Wildman–Crippen LogP) is 20.0. The van der Waals surface area contributed by atoms with E-state index in [1.54, 1.807) is 0 Å². The van der Waals surface area contributed by atoms with Crippen molar-refractivity contribution in [2.75, 3.05) is 0 Å². The van der Waals surface area contributed by atoms with Crippen LogP contribution < -0.4 is 42.6 Å². The third-order valence-corrected chi connectivity index (χ3v) is 20.3. The van der Waals surface area contributed by atoms with Crippen LogP contribution in [-0.2, 0) is 101 Å². The Balaban J connectivity index is 0.968. The number of esters is 9. The summed E-state index contributed by atoms with van der Waals surface area (Å²) in [6.07, 6.45) is 2.30. The molecule has 1 aliphatic rings. The lowest BCUT2D eigenvalue weighted by Crippen LogP contribution is -2.35. The van der Waals surface area contributed by atoms with Gasteiger partial charge in [-0.05, 0) is 172 Å². The molecule has 12 rings (SSSR count). The van der Waals surface area contributed by atoms with E-state index in [4.69, 9.17) is 47.4 Å². The Morgan fingerprint density at radius 2 is 0.504 bits per heavy atom. The van der Waals surface area contributed by atoms with Crippen molar-refractivity contribution in [1.82, 2.24) is 0 Å². The first-order valence-electron chi connectivity index (χ1n) is 41.5. The number of carbonyl (C=O) groups excluding carboxylic acids is 9. The SMILES string of the molecule is O=C(CCCc1ccccc1)Oc1cc(OC(=O)CCCc2ccccc2)c2c(c1)O[C@H](c1cc(OC(=O)CCCc3ccccc3)c(OC(=O)CCCc3ccccc3)c(OC(=O)CCCc3ccccc3)c1)[C@H](OC(=O)c1cc(OC(=O)CCCc3ccccc3)c(OC(=O)CCCc3ccccc3)c(OC(=O)CCCc3ccccc3)c1)C2. The minimum Gasteiger partial charge on any atom is -0.481 e. The molecule has 1 heterocycles. The average Bonchev–Trinajstić information content (AvgIpc) is 0.757. The zero-order valence-electron chi connectivity index (χ0n) is 67.6. The lowest BCUT2D eigenvalue weighted by molar-refractivity contribution is -0.138. The van der Waals surface area contributed by atoms with E-state index in [0.717, 1.165) is 56.6 Å². The Morgan fingerprint density at radius 1 is 0.264 bits per heavy atom. The highest BCUT2D eigenvalue weighted by atomic mass is 16.6. The third kappa shape index (κ3) is 28.3. The van der Waals surface area contributed by atoms with Gasteiger partial charge in [0.05, 0.1) is 5.56 Å². The highest BCUT2D eigenvalue weighted by Gasteiger charge is 2.40. The summed E-state index contributed by atoms with van der Waals surface area (Å²) < 4.78 is 63.5. The molecule has 620 valence electrons. The number of fused-ring (bicyclic) bond motifs is 1. The van der Waals surface area contributed by atoms with Crippen molar-refractivity contribution in [3.8, 4) is 51.7 Å². The molecule has 1 aliphatic heterocycles. The normalized spacial score (nSPS) is 12.6. The quantitative estimate of drug-likeness (QED) is 0.0254. The summed E-state index contributed by atoms with van der Waals surface area (Å²) >= 11 is 0. The fourth-order valence-electron chi connectivity index (χ4n) is 14.2. The summed E-state index contributed by atoms with van der Waals surface area (Å²) in [7, 11) is 0. The van der Waals surface area contributed by atoms with Crippen LogP contribution >= 0.6 is 0 Å². The minimum absolute atomic E-state index is 0.000896. The van der Waals surface area contributed by atoms with Gasteiger partial charge in [0.25, 0.3) is 0 Å². The molecule has 121 heavy (non-hydrogen) atoms. The van der Waals surface area contributed by atoms with Crippen LogP contribution in [0.5, 0.6) is 51.7 Å². The smallest absolute Gasteiger partial charge is 0.338 e. The average molecular weight is 1630 g/mol. The number of rotatable bonds is 43. The lowest BCUT2D eigenvalue weighted by Gasteiger charge is -2.35.